The van der Waals surface area contributed by atoms with Crippen LogP contribution >= 0.6 is 23.2 Å². The van der Waals surface area contributed by atoms with Gasteiger partial charge in [0.2, 0.25) is 5.78 Å². The Labute approximate surface area is 222 Å². The van der Waals surface area contributed by atoms with E-state index in [2.05, 4.69) is 0 Å². The minimum Gasteiger partial charge on any atom is -0.503 e. The number of anilines is 1. The molecule has 37 heavy (non-hydrogen) atoms. The Kier molecular flexibility index (Phi) is 6.35. The van der Waals surface area contributed by atoms with Crippen LogP contribution in [0.4, 0.5) is 5.69 Å². The van der Waals surface area contributed by atoms with E-state index in [1.54, 1.807) is 54.6 Å². The van der Waals surface area contributed by atoms with Gasteiger partial charge in [-0.15, -0.1) is 0 Å². The van der Waals surface area contributed by atoms with Gasteiger partial charge in [0.25, 0.3) is 5.91 Å². The molecule has 3 aromatic carbocycles. The maximum atomic E-state index is 13.8. The van der Waals surface area contributed by atoms with Crippen molar-refractivity contribution in [3.8, 4) is 11.5 Å². The molecule has 1 amide bonds. The van der Waals surface area contributed by atoms with Crippen LogP contribution in [0.3, 0.4) is 0 Å². The van der Waals surface area contributed by atoms with E-state index in [0.29, 0.717) is 43.8 Å². The number of amides is 1. The van der Waals surface area contributed by atoms with Gasteiger partial charge in [-0.25, -0.2) is 0 Å². The lowest BCUT2D eigenvalue weighted by Gasteiger charge is -2.27. The normalized spacial score (nSPS) is 15.5. The quantitative estimate of drug-likeness (QED) is 0.270. The van der Waals surface area contributed by atoms with Crippen LogP contribution in [0.25, 0.3) is 11.0 Å². The Morgan fingerprint density at radius 3 is 2.38 bits per heavy atom. The van der Waals surface area contributed by atoms with E-state index < -0.39 is 23.5 Å². The average Bonchev–Trinajstić information content (AvgIpc) is 3.43. The number of hydrogen-bond acceptors (Lipinski definition) is 6. The van der Waals surface area contributed by atoms with Crippen LogP contribution in [0.15, 0.2) is 76.4 Å². The highest BCUT2D eigenvalue weighted by atomic mass is 35.5. The van der Waals surface area contributed by atoms with Gasteiger partial charge in [0, 0.05) is 27.2 Å². The van der Waals surface area contributed by atoms with Crippen molar-refractivity contribution in [2.45, 2.75) is 13.0 Å². The molecule has 0 aliphatic carbocycles. The van der Waals surface area contributed by atoms with Crippen LogP contribution in [0.5, 0.6) is 11.5 Å². The first-order valence-corrected chi connectivity index (χ1v) is 12.0. The molecule has 1 atom stereocenters. The fourth-order valence-corrected chi connectivity index (χ4v) is 4.81. The van der Waals surface area contributed by atoms with Crippen LogP contribution in [0, 0.1) is 6.92 Å². The molecule has 0 spiro atoms. The largest absolute Gasteiger partial charge is 0.503 e. The van der Waals surface area contributed by atoms with Gasteiger partial charge in [-0.05, 0) is 54.4 Å². The van der Waals surface area contributed by atoms with Crippen LogP contribution in [0.2, 0.25) is 10.0 Å². The van der Waals surface area contributed by atoms with Crippen molar-refractivity contribution in [3.63, 3.8) is 0 Å². The number of carbonyl (C=O) groups excluding carboxylic acids is 2. The number of Topliss-reactive ketones (excluding diaryl/α,β-unsaturated/α-hetero) is 1. The van der Waals surface area contributed by atoms with Crippen molar-refractivity contribution in [1.29, 1.82) is 0 Å². The number of furan rings is 1. The van der Waals surface area contributed by atoms with Gasteiger partial charge < -0.3 is 19.0 Å². The summed E-state index contributed by atoms with van der Waals surface area (Å²) in [6.07, 6.45) is 0. The van der Waals surface area contributed by atoms with Gasteiger partial charge in [-0.2, -0.15) is 0 Å². The summed E-state index contributed by atoms with van der Waals surface area (Å²) < 4.78 is 16.4. The molecule has 1 aliphatic heterocycles. The molecule has 1 aromatic heterocycles. The molecule has 9 heteroatoms. The molecule has 0 saturated carbocycles. The number of ether oxygens (including phenoxy) is 2. The van der Waals surface area contributed by atoms with Gasteiger partial charge >= 0.3 is 0 Å². The number of aliphatic hydroxyl groups excluding tert-OH is 1. The van der Waals surface area contributed by atoms with E-state index in [1.807, 2.05) is 6.92 Å². The van der Waals surface area contributed by atoms with Crippen molar-refractivity contribution in [2.75, 3.05) is 19.1 Å². The molecule has 1 N–H and O–H groups in total. The standard InChI is InChI=1S/C28H21Cl2NO6/c1-14-4-7-18(13-20(14)30)31-24(15-5-8-19(35-2)9-6-15)23(26(33)28(31)34)25(32)21-11-16-10-17(29)12-22(36-3)27(16)37-21/h4-13,24,33H,1-3H3. The maximum absolute atomic E-state index is 13.8. The summed E-state index contributed by atoms with van der Waals surface area (Å²) in [6, 6.07) is 15.7. The van der Waals surface area contributed by atoms with Crippen molar-refractivity contribution in [2.24, 2.45) is 0 Å². The number of aliphatic hydroxyl groups is 1. The van der Waals surface area contributed by atoms with Crippen molar-refractivity contribution >= 4 is 51.5 Å². The number of hydrogen-bond donors (Lipinski definition) is 1. The van der Waals surface area contributed by atoms with E-state index in [4.69, 9.17) is 37.1 Å². The number of carbonyl (C=O) groups is 2. The zero-order valence-corrected chi connectivity index (χ0v) is 21.6. The van der Waals surface area contributed by atoms with Crippen LogP contribution < -0.4 is 14.4 Å². The molecule has 0 bridgehead atoms. The number of ketones is 1. The zero-order valence-electron chi connectivity index (χ0n) is 20.0. The molecular formula is C28H21Cl2NO6. The zero-order chi connectivity index (χ0) is 26.4. The van der Waals surface area contributed by atoms with Gasteiger partial charge in [0.15, 0.2) is 22.9 Å². The highest BCUT2D eigenvalue weighted by Crippen LogP contribution is 2.44. The number of nitrogens with zero attached hydrogens (tertiary/aromatic N) is 1. The van der Waals surface area contributed by atoms with E-state index >= 15 is 0 Å². The number of halogens is 2. The smallest absolute Gasteiger partial charge is 0.294 e. The van der Waals surface area contributed by atoms with E-state index in [1.165, 1.54) is 25.2 Å². The van der Waals surface area contributed by atoms with Gasteiger partial charge in [0.1, 0.15) is 5.75 Å². The van der Waals surface area contributed by atoms with Crippen molar-refractivity contribution < 1.29 is 28.6 Å². The van der Waals surface area contributed by atoms with Gasteiger partial charge in [0.05, 0.1) is 25.8 Å². The molecule has 0 saturated heterocycles. The number of rotatable bonds is 6. The van der Waals surface area contributed by atoms with Crippen molar-refractivity contribution in [3.05, 3.63) is 98.9 Å². The summed E-state index contributed by atoms with van der Waals surface area (Å²) in [5, 5.41) is 12.4. The third-order valence-corrected chi connectivity index (χ3v) is 6.93. The van der Waals surface area contributed by atoms with E-state index in [-0.39, 0.29) is 11.3 Å². The predicted molar refractivity (Wildman–Crippen MR) is 141 cm³/mol. The lowest BCUT2D eigenvalue weighted by atomic mass is 9.94. The molecule has 7 nitrogen and oxygen atoms in total. The van der Waals surface area contributed by atoms with Gasteiger partial charge in [-0.3, -0.25) is 14.5 Å². The molecule has 2 heterocycles. The molecular weight excluding hydrogens is 517 g/mol. The molecule has 4 aromatic rings. The third-order valence-electron chi connectivity index (χ3n) is 6.31. The first-order valence-electron chi connectivity index (χ1n) is 11.2. The monoisotopic (exact) mass is 537 g/mol. The summed E-state index contributed by atoms with van der Waals surface area (Å²) >= 11 is 12.5. The summed E-state index contributed by atoms with van der Waals surface area (Å²) in [7, 11) is 3.00. The lowest BCUT2D eigenvalue weighted by Crippen LogP contribution is -2.31. The number of aryl methyl sites for hydroxylation is 1. The summed E-state index contributed by atoms with van der Waals surface area (Å²) in [4.78, 5) is 28.6. The molecule has 188 valence electrons. The highest BCUT2D eigenvalue weighted by Gasteiger charge is 2.45. The second-order valence-corrected chi connectivity index (χ2v) is 9.36. The number of fused-ring (bicyclic) bond motifs is 1. The van der Waals surface area contributed by atoms with E-state index in [0.717, 1.165) is 5.56 Å². The van der Waals surface area contributed by atoms with Crippen LogP contribution in [0.1, 0.15) is 27.7 Å². The Balaban J connectivity index is 1.67. The second-order valence-electron chi connectivity index (χ2n) is 8.51. The molecule has 1 aliphatic rings. The second kappa shape index (κ2) is 9.50. The molecule has 0 fully saturated rings. The summed E-state index contributed by atoms with van der Waals surface area (Å²) in [6.45, 7) is 1.84. The molecule has 5 rings (SSSR count). The predicted octanol–water partition coefficient (Wildman–Crippen LogP) is 6.85. The van der Waals surface area contributed by atoms with Crippen LogP contribution in [-0.4, -0.2) is 31.0 Å². The molecule has 1 unspecified atom stereocenters. The fourth-order valence-electron chi connectivity index (χ4n) is 4.42. The first kappa shape index (κ1) is 24.7. The fraction of sp³-hybridized carbons (Fsp3) is 0.143. The average molecular weight is 538 g/mol. The maximum Gasteiger partial charge on any atom is 0.294 e. The minimum absolute atomic E-state index is 0.0767. The summed E-state index contributed by atoms with van der Waals surface area (Å²) in [5.74, 6) is -1.19. The topological polar surface area (TPSA) is 89.2 Å². The minimum atomic E-state index is -0.955. The van der Waals surface area contributed by atoms with Crippen LogP contribution in [-0.2, 0) is 4.79 Å². The number of benzene rings is 3. The Bertz CT molecular complexity index is 1590. The molecule has 0 radical (unpaired) electrons. The first-order chi connectivity index (χ1) is 17.7. The highest BCUT2D eigenvalue weighted by molar-refractivity contribution is 6.32. The van der Waals surface area contributed by atoms with E-state index in [9.17, 15) is 14.7 Å². The lowest BCUT2D eigenvalue weighted by molar-refractivity contribution is -0.117. The van der Waals surface area contributed by atoms with Gasteiger partial charge in [-0.1, -0.05) is 41.4 Å². The Morgan fingerprint density at radius 2 is 1.73 bits per heavy atom. The Hall–Kier alpha value is -3.94. The Morgan fingerprint density at radius 1 is 1.00 bits per heavy atom. The number of methoxy groups -OCH3 is 2. The third kappa shape index (κ3) is 4.20. The summed E-state index contributed by atoms with van der Waals surface area (Å²) in [5.41, 5.74) is 2.02. The SMILES string of the molecule is COc1ccc(C2C(C(=O)c3cc4cc(Cl)cc(OC)c4o3)=C(O)C(=O)N2c2ccc(C)c(Cl)c2)cc1. The van der Waals surface area contributed by atoms with Crippen molar-refractivity contribution in [1.82, 2.24) is 0 Å².